The Hall–Kier alpha value is -2.17. The van der Waals surface area contributed by atoms with Crippen molar-refractivity contribution in [2.45, 2.75) is 6.42 Å². The molecule has 1 aromatic carbocycles. The second kappa shape index (κ2) is 5.65. The predicted molar refractivity (Wildman–Crippen MR) is 70.1 cm³/mol. The summed E-state index contributed by atoms with van der Waals surface area (Å²) in [5.41, 5.74) is 0.490. The van der Waals surface area contributed by atoms with Crippen molar-refractivity contribution >= 4 is 17.5 Å². The molecule has 4 nitrogen and oxygen atoms in total. The van der Waals surface area contributed by atoms with E-state index in [1.165, 1.54) is 17.0 Å². The highest BCUT2D eigenvalue weighted by Gasteiger charge is 2.37. The number of anilines is 1. The normalized spacial score (nSPS) is 18.5. The van der Waals surface area contributed by atoms with Crippen LogP contribution in [-0.4, -0.2) is 24.9 Å². The highest BCUT2D eigenvalue weighted by atomic mass is 19.1. The summed E-state index contributed by atoms with van der Waals surface area (Å²) in [5.74, 6) is -1.68. The van der Waals surface area contributed by atoms with E-state index in [2.05, 4.69) is 11.9 Å². The summed E-state index contributed by atoms with van der Waals surface area (Å²) in [6, 6.07) is 5.81. The first-order chi connectivity index (χ1) is 9.13. The Balaban J connectivity index is 2.09. The Kier molecular flexibility index (Phi) is 3.94. The largest absolute Gasteiger partial charge is 0.352 e. The van der Waals surface area contributed by atoms with Crippen molar-refractivity contribution in [2.75, 3.05) is 18.0 Å². The van der Waals surface area contributed by atoms with Crippen LogP contribution in [0.25, 0.3) is 0 Å². The molecule has 0 unspecified atom stereocenters. The van der Waals surface area contributed by atoms with E-state index in [1.807, 2.05) is 0 Å². The molecule has 19 heavy (non-hydrogen) atoms. The van der Waals surface area contributed by atoms with Crippen molar-refractivity contribution in [1.29, 1.82) is 0 Å². The lowest BCUT2D eigenvalue weighted by Crippen LogP contribution is -2.36. The third-order valence-electron chi connectivity index (χ3n) is 3.06. The molecule has 2 rings (SSSR count). The number of amides is 2. The minimum atomic E-state index is -0.691. The van der Waals surface area contributed by atoms with Gasteiger partial charge in [0.25, 0.3) is 0 Å². The lowest BCUT2D eigenvalue weighted by Gasteiger charge is -2.16. The van der Waals surface area contributed by atoms with E-state index in [9.17, 15) is 14.0 Å². The van der Waals surface area contributed by atoms with Gasteiger partial charge in [-0.05, 0) is 24.6 Å². The first-order valence-corrected chi connectivity index (χ1v) is 6.09. The van der Waals surface area contributed by atoms with Gasteiger partial charge in [-0.15, -0.1) is 6.58 Å². The quantitative estimate of drug-likeness (QED) is 0.660. The van der Waals surface area contributed by atoms with Crippen molar-refractivity contribution in [1.82, 2.24) is 5.32 Å². The van der Waals surface area contributed by atoms with Gasteiger partial charge in [-0.25, -0.2) is 4.39 Å². The first-order valence-electron chi connectivity index (χ1n) is 6.09. The van der Waals surface area contributed by atoms with Crippen LogP contribution < -0.4 is 10.2 Å². The number of nitrogens with one attached hydrogen (secondary N) is 1. The topological polar surface area (TPSA) is 49.4 Å². The number of carbonyl (C=O) groups excluding carboxylic acids is 2. The minimum Gasteiger partial charge on any atom is -0.352 e. The monoisotopic (exact) mass is 262 g/mol. The van der Waals surface area contributed by atoms with Crippen LogP contribution in [0, 0.1) is 11.7 Å². The zero-order chi connectivity index (χ0) is 13.8. The molecule has 1 aliphatic heterocycles. The van der Waals surface area contributed by atoms with Crippen LogP contribution in [0.2, 0.25) is 0 Å². The Labute approximate surface area is 110 Å². The fraction of sp³-hybridized carbons (Fsp3) is 0.286. The third-order valence-corrected chi connectivity index (χ3v) is 3.06. The molecule has 1 saturated heterocycles. The van der Waals surface area contributed by atoms with E-state index in [4.69, 9.17) is 0 Å². The van der Waals surface area contributed by atoms with E-state index in [1.54, 1.807) is 18.2 Å². The highest BCUT2D eigenvalue weighted by molar-refractivity contribution is 6.09. The van der Waals surface area contributed by atoms with Crippen molar-refractivity contribution in [3.63, 3.8) is 0 Å². The summed E-state index contributed by atoms with van der Waals surface area (Å²) in [4.78, 5) is 25.4. The lowest BCUT2D eigenvalue weighted by atomic mass is 10.1. The molecule has 1 fully saturated rings. The van der Waals surface area contributed by atoms with Crippen LogP contribution >= 0.6 is 0 Å². The van der Waals surface area contributed by atoms with Crippen LogP contribution in [0.4, 0.5) is 10.1 Å². The predicted octanol–water partition coefficient (Wildman–Crippen LogP) is 1.48. The van der Waals surface area contributed by atoms with E-state index < -0.39 is 11.7 Å². The van der Waals surface area contributed by atoms with Gasteiger partial charge in [-0.2, -0.15) is 0 Å². The van der Waals surface area contributed by atoms with Gasteiger partial charge in [-0.1, -0.05) is 12.1 Å². The summed E-state index contributed by atoms with van der Waals surface area (Å²) in [6.07, 6.45) is 2.00. The molecular formula is C14H15FN2O2. The molecule has 0 spiro atoms. The highest BCUT2D eigenvalue weighted by Crippen LogP contribution is 2.25. The summed E-state index contributed by atoms with van der Waals surface area (Å²) in [6.45, 7) is 4.26. The minimum absolute atomic E-state index is 0.285. The van der Waals surface area contributed by atoms with Gasteiger partial charge in [0.15, 0.2) is 0 Å². The Morgan fingerprint density at radius 3 is 3.05 bits per heavy atom. The van der Waals surface area contributed by atoms with E-state index in [-0.39, 0.29) is 11.8 Å². The van der Waals surface area contributed by atoms with Gasteiger partial charge in [0.1, 0.15) is 11.7 Å². The van der Waals surface area contributed by atoms with Gasteiger partial charge < -0.3 is 10.2 Å². The summed E-state index contributed by atoms with van der Waals surface area (Å²) in [5, 5.41) is 2.61. The molecule has 0 radical (unpaired) electrons. The van der Waals surface area contributed by atoms with Crippen LogP contribution in [0.15, 0.2) is 36.9 Å². The maximum Gasteiger partial charge on any atom is 0.239 e. The maximum atomic E-state index is 13.1. The molecule has 0 bridgehead atoms. The van der Waals surface area contributed by atoms with E-state index in [0.717, 1.165) is 0 Å². The fourth-order valence-corrected chi connectivity index (χ4v) is 2.12. The molecule has 0 saturated carbocycles. The van der Waals surface area contributed by atoms with Gasteiger partial charge in [-0.3, -0.25) is 9.59 Å². The fourth-order valence-electron chi connectivity index (χ4n) is 2.12. The smallest absolute Gasteiger partial charge is 0.239 e. The Morgan fingerprint density at radius 1 is 1.58 bits per heavy atom. The summed E-state index contributed by atoms with van der Waals surface area (Å²) < 4.78 is 13.1. The number of carbonyl (C=O) groups is 2. The molecule has 1 atom stereocenters. The Morgan fingerprint density at radius 2 is 2.37 bits per heavy atom. The average Bonchev–Trinajstić information content (AvgIpc) is 2.78. The number of hydrogen-bond acceptors (Lipinski definition) is 2. The zero-order valence-corrected chi connectivity index (χ0v) is 10.4. The second-order valence-electron chi connectivity index (χ2n) is 4.34. The van der Waals surface area contributed by atoms with Crippen molar-refractivity contribution in [2.24, 2.45) is 5.92 Å². The third kappa shape index (κ3) is 2.81. The van der Waals surface area contributed by atoms with Crippen LogP contribution in [-0.2, 0) is 9.59 Å². The zero-order valence-electron chi connectivity index (χ0n) is 10.4. The molecule has 100 valence electrons. The molecule has 0 aliphatic carbocycles. The summed E-state index contributed by atoms with van der Waals surface area (Å²) >= 11 is 0. The van der Waals surface area contributed by atoms with Crippen LogP contribution in [0.1, 0.15) is 6.42 Å². The lowest BCUT2D eigenvalue weighted by molar-refractivity contribution is -0.131. The molecule has 1 heterocycles. The molecule has 5 heteroatoms. The van der Waals surface area contributed by atoms with Crippen LogP contribution in [0.3, 0.4) is 0 Å². The first kappa shape index (κ1) is 13.3. The summed E-state index contributed by atoms with van der Waals surface area (Å²) in [7, 11) is 0. The standard InChI is InChI=1S/C14H15FN2O2/c1-2-7-16-13(18)12-6-8-17(14(12)19)11-5-3-4-10(15)9-11/h2-5,9,12H,1,6-8H2,(H,16,18)/t12-/m0/s1. The molecular weight excluding hydrogens is 247 g/mol. The number of benzene rings is 1. The molecule has 1 aliphatic rings. The molecule has 0 aromatic heterocycles. The maximum absolute atomic E-state index is 13.1. The van der Waals surface area contributed by atoms with Crippen molar-refractivity contribution < 1.29 is 14.0 Å². The van der Waals surface area contributed by atoms with Gasteiger partial charge in [0, 0.05) is 18.8 Å². The van der Waals surface area contributed by atoms with Crippen LogP contribution in [0.5, 0.6) is 0 Å². The number of rotatable bonds is 4. The van der Waals surface area contributed by atoms with Gasteiger partial charge >= 0.3 is 0 Å². The van der Waals surface area contributed by atoms with E-state index >= 15 is 0 Å². The Bertz CT molecular complexity index is 516. The molecule has 1 aromatic rings. The van der Waals surface area contributed by atoms with Crippen molar-refractivity contribution in [3.8, 4) is 0 Å². The van der Waals surface area contributed by atoms with Crippen molar-refractivity contribution in [3.05, 3.63) is 42.7 Å². The van der Waals surface area contributed by atoms with Gasteiger partial charge in [0.2, 0.25) is 11.8 Å². The van der Waals surface area contributed by atoms with E-state index in [0.29, 0.717) is 25.2 Å². The number of hydrogen-bond donors (Lipinski definition) is 1. The number of halogens is 1. The second-order valence-corrected chi connectivity index (χ2v) is 4.34. The number of nitrogens with zero attached hydrogens (tertiary/aromatic N) is 1. The molecule has 2 amide bonds. The van der Waals surface area contributed by atoms with Gasteiger partial charge in [0.05, 0.1) is 0 Å². The molecule has 1 N–H and O–H groups in total. The average molecular weight is 262 g/mol. The SMILES string of the molecule is C=CCNC(=O)[C@@H]1CCN(c2cccc(F)c2)C1=O.